The van der Waals surface area contributed by atoms with Crippen LogP contribution in [0.1, 0.15) is 52.4 Å². The Kier molecular flexibility index (Phi) is 6.50. The summed E-state index contributed by atoms with van der Waals surface area (Å²) < 4.78 is 5.30. The zero-order chi connectivity index (χ0) is 15.9. The molecule has 128 valence electrons. The minimum absolute atomic E-state index is 0.204. The normalized spacial score (nSPS) is 23.7. The second kappa shape index (κ2) is 8.16. The van der Waals surface area contributed by atoms with Crippen LogP contribution in [0.4, 0.5) is 0 Å². The molecule has 1 saturated carbocycles. The SMILES string of the molecule is CCNC(=NCC1(C)COC1)NCC1(CCO)CCCCC1. The highest BCUT2D eigenvalue weighted by atomic mass is 16.5. The van der Waals surface area contributed by atoms with Crippen LogP contribution in [0.2, 0.25) is 0 Å². The van der Waals surface area contributed by atoms with E-state index in [0.29, 0.717) is 0 Å². The fourth-order valence-corrected chi connectivity index (χ4v) is 3.48. The molecule has 5 heteroatoms. The molecule has 1 aliphatic heterocycles. The Labute approximate surface area is 134 Å². The summed E-state index contributed by atoms with van der Waals surface area (Å²) in [6.07, 6.45) is 7.22. The number of hydrogen-bond acceptors (Lipinski definition) is 3. The first kappa shape index (κ1) is 17.5. The van der Waals surface area contributed by atoms with Crippen LogP contribution in [0.25, 0.3) is 0 Å². The van der Waals surface area contributed by atoms with Gasteiger partial charge in [0.05, 0.1) is 19.8 Å². The number of hydrogen-bond donors (Lipinski definition) is 3. The third-order valence-corrected chi connectivity index (χ3v) is 5.05. The summed E-state index contributed by atoms with van der Waals surface area (Å²) in [5, 5.41) is 16.3. The molecule has 0 aromatic heterocycles. The smallest absolute Gasteiger partial charge is 0.191 e. The van der Waals surface area contributed by atoms with Crippen molar-refractivity contribution in [1.82, 2.24) is 10.6 Å². The van der Waals surface area contributed by atoms with Gasteiger partial charge in [0.15, 0.2) is 5.96 Å². The van der Waals surface area contributed by atoms with E-state index in [0.717, 1.165) is 45.2 Å². The summed E-state index contributed by atoms with van der Waals surface area (Å²) in [5.41, 5.74) is 0.447. The van der Waals surface area contributed by atoms with Gasteiger partial charge in [-0.15, -0.1) is 0 Å². The van der Waals surface area contributed by atoms with Crippen molar-refractivity contribution in [2.75, 3.05) is 39.5 Å². The molecule has 1 aliphatic carbocycles. The molecule has 0 aromatic rings. The van der Waals surface area contributed by atoms with Gasteiger partial charge in [-0.1, -0.05) is 26.2 Å². The molecular weight excluding hydrogens is 278 g/mol. The molecule has 0 bridgehead atoms. The highest BCUT2D eigenvalue weighted by Gasteiger charge is 2.34. The number of aliphatic imine (C=N–C) groups is 1. The maximum Gasteiger partial charge on any atom is 0.191 e. The molecule has 0 aromatic carbocycles. The Bertz CT molecular complexity index is 355. The van der Waals surface area contributed by atoms with E-state index in [4.69, 9.17) is 9.73 Å². The summed E-state index contributed by atoms with van der Waals surface area (Å²) in [4.78, 5) is 4.73. The molecule has 1 heterocycles. The lowest BCUT2D eigenvalue weighted by atomic mass is 9.72. The molecule has 0 radical (unpaired) electrons. The van der Waals surface area contributed by atoms with Crippen molar-refractivity contribution in [3.05, 3.63) is 0 Å². The molecule has 1 saturated heterocycles. The molecule has 2 aliphatic rings. The fraction of sp³-hybridized carbons (Fsp3) is 0.941. The molecule has 22 heavy (non-hydrogen) atoms. The van der Waals surface area contributed by atoms with Crippen molar-refractivity contribution >= 4 is 5.96 Å². The van der Waals surface area contributed by atoms with E-state index in [9.17, 15) is 5.11 Å². The first-order valence-corrected chi connectivity index (χ1v) is 8.82. The van der Waals surface area contributed by atoms with Crippen molar-refractivity contribution in [1.29, 1.82) is 0 Å². The summed E-state index contributed by atoms with van der Waals surface area (Å²) >= 11 is 0. The zero-order valence-electron chi connectivity index (χ0n) is 14.3. The minimum atomic E-state index is 0.204. The van der Waals surface area contributed by atoms with Crippen LogP contribution in [-0.2, 0) is 4.74 Å². The largest absolute Gasteiger partial charge is 0.396 e. The Morgan fingerprint density at radius 1 is 1.18 bits per heavy atom. The van der Waals surface area contributed by atoms with E-state index in [1.165, 1.54) is 32.1 Å². The van der Waals surface area contributed by atoms with Gasteiger partial charge in [-0.05, 0) is 31.6 Å². The van der Waals surface area contributed by atoms with Gasteiger partial charge in [-0.2, -0.15) is 0 Å². The van der Waals surface area contributed by atoms with Crippen LogP contribution in [0.15, 0.2) is 4.99 Å². The van der Waals surface area contributed by atoms with Gasteiger partial charge >= 0.3 is 0 Å². The van der Waals surface area contributed by atoms with Gasteiger partial charge in [-0.3, -0.25) is 4.99 Å². The van der Waals surface area contributed by atoms with Gasteiger partial charge in [-0.25, -0.2) is 0 Å². The molecule has 2 rings (SSSR count). The van der Waals surface area contributed by atoms with Crippen LogP contribution >= 0.6 is 0 Å². The maximum absolute atomic E-state index is 9.41. The summed E-state index contributed by atoms with van der Waals surface area (Å²) in [6, 6.07) is 0. The Morgan fingerprint density at radius 2 is 1.91 bits per heavy atom. The average Bonchev–Trinajstić information content (AvgIpc) is 2.49. The van der Waals surface area contributed by atoms with Crippen molar-refractivity contribution in [3.63, 3.8) is 0 Å². The molecule has 2 fully saturated rings. The second-order valence-electron chi connectivity index (χ2n) is 7.39. The summed E-state index contributed by atoms with van der Waals surface area (Å²) in [6.45, 7) is 8.79. The molecule has 0 unspecified atom stereocenters. The second-order valence-corrected chi connectivity index (χ2v) is 7.39. The van der Waals surface area contributed by atoms with Crippen LogP contribution < -0.4 is 10.6 Å². The lowest BCUT2D eigenvalue weighted by Gasteiger charge is -2.38. The summed E-state index contributed by atoms with van der Waals surface area (Å²) in [5.74, 6) is 0.901. The lowest BCUT2D eigenvalue weighted by molar-refractivity contribution is -0.0945. The summed E-state index contributed by atoms with van der Waals surface area (Å²) in [7, 11) is 0. The van der Waals surface area contributed by atoms with E-state index in [-0.39, 0.29) is 17.4 Å². The third-order valence-electron chi connectivity index (χ3n) is 5.05. The topological polar surface area (TPSA) is 65.9 Å². The molecule has 0 amide bonds. The first-order chi connectivity index (χ1) is 10.6. The number of rotatable bonds is 7. The predicted octanol–water partition coefficient (Wildman–Crippen LogP) is 1.91. The Morgan fingerprint density at radius 3 is 2.45 bits per heavy atom. The van der Waals surface area contributed by atoms with Gasteiger partial charge in [0.25, 0.3) is 0 Å². The van der Waals surface area contributed by atoms with E-state index in [1.807, 2.05) is 0 Å². The maximum atomic E-state index is 9.41. The molecular formula is C17H33N3O2. The molecule has 0 atom stereocenters. The highest BCUT2D eigenvalue weighted by Crippen LogP contribution is 2.38. The monoisotopic (exact) mass is 311 g/mol. The van der Waals surface area contributed by atoms with Crippen LogP contribution in [-0.4, -0.2) is 50.5 Å². The fourth-order valence-electron chi connectivity index (χ4n) is 3.48. The molecule has 3 N–H and O–H groups in total. The van der Waals surface area contributed by atoms with Crippen molar-refractivity contribution < 1.29 is 9.84 Å². The average molecular weight is 311 g/mol. The highest BCUT2D eigenvalue weighted by molar-refractivity contribution is 5.79. The van der Waals surface area contributed by atoms with Crippen molar-refractivity contribution in [2.24, 2.45) is 15.8 Å². The first-order valence-electron chi connectivity index (χ1n) is 8.82. The van der Waals surface area contributed by atoms with E-state index < -0.39 is 0 Å². The quantitative estimate of drug-likeness (QED) is 0.496. The van der Waals surface area contributed by atoms with Gasteiger partial charge in [0.2, 0.25) is 0 Å². The Hall–Kier alpha value is -0.810. The Balaban J connectivity index is 1.89. The van der Waals surface area contributed by atoms with Gasteiger partial charge in [0.1, 0.15) is 0 Å². The van der Waals surface area contributed by atoms with E-state index in [2.05, 4.69) is 24.5 Å². The van der Waals surface area contributed by atoms with E-state index in [1.54, 1.807) is 0 Å². The van der Waals surface area contributed by atoms with Crippen molar-refractivity contribution in [2.45, 2.75) is 52.4 Å². The zero-order valence-corrected chi connectivity index (χ0v) is 14.3. The molecule has 0 spiro atoms. The predicted molar refractivity (Wildman–Crippen MR) is 90.1 cm³/mol. The number of nitrogens with one attached hydrogen (secondary N) is 2. The number of guanidine groups is 1. The van der Waals surface area contributed by atoms with Crippen LogP contribution in [0.3, 0.4) is 0 Å². The van der Waals surface area contributed by atoms with E-state index >= 15 is 0 Å². The standard InChI is InChI=1S/C17H33N3O2/c1-3-18-15(19-11-16(2)13-22-14-16)20-12-17(9-10-21)7-5-4-6-8-17/h21H,3-14H2,1-2H3,(H2,18,19,20). The lowest BCUT2D eigenvalue weighted by Crippen LogP contribution is -2.47. The third kappa shape index (κ3) is 4.85. The van der Waals surface area contributed by atoms with Crippen LogP contribution in [0, 0.1) is 10.8 Å². The van der Waals surface area contributed by atoms with Gasteiger partial charge < -0.3 is 20.5 Å². The number of nitrogens with zero attached hydrogens (tertiary/aromatic N) is 1. The number of aliphatic hydroxyl groups is 1. The minimum Gasteiger partial charge on any atom is -0.396 e. The van der Waals surface area contributed by atoms with Crippen LogP contribution in [0.5, 0.6) is 0 Å². The number of aliphatic hydroxyl groups excluding tert-OH is 1. The van der Waals surface area contributed by atoms with Crippen molar-refractivity contribution in [3.8, 4) is 0 Å². The molecule has 5 nitrogen and oxygen atoms in total. The van der Waals surface area contributed by atoms with Gasteiger partial charge in [0, 0.05) is 25.1 Å². The number of ether oxygens (including phenoxy) is 1.